The van der Waals surface area contributed by atoms with Gasteiger partial charge in [0, 0.05) is 17.1 Å². The van der Waals surface area contributed by atoms with E-state index in [0.29, 0.717) is 5.56 Å². The molecule has 10 nitrogen and oxygen atoms in total. The number of fused-ring (bicyclic) bond motifs is 3. The molecule has 11 heteroatoms. The van der Waals surface area contributed by atoms with E-state index in [1.807, 2.05) is 0 Å². The number of ketones is 3. The Kier molecular flexibility index (Phi) is 5.70. The van der Waals surface area contributed by atoms with Crippen LogP contribution in [0.3, 0.4) is 0 Å². The van der Waals surface area contributed by atoms with Crippen molar-refractivity contribution in [1.82, 2.24) is 4.90 Å². The van der Waals surface area contributed by atoms with Crippen LogP contribution in [0.5, 0.6) is 5.75 Å². The van der Waals surface area contributed by atoms with E-state index in [1.165, 1.54) is 17.0 Å². The summed E-state index contributed by atoms with van der Waals surface area (Å²) in [6.45, 7) is 0. The van der Waals surface area contributed by atoms with Gasteiger partial charge in [-0.1, -0.05) is 15.9 Å². The van der Waals surface area contributed by atoms with Gasteiger partial charge >= 0.3 is 0 Å². The molecule has 3 aliphatic carbocycles. The van der Waals surface area contributed by atoms with E-state index < -0.39 is 63.8 Å². The Morgan fingerprint density at radius 2 is 1.85 bits per heavy atom. The number of hydrogen-bond acceptors (Lipinski definition) is 9. The summed E-state index contributed by atoms with van der Waals surface area (Å²) in [5, 5.41) is 43.8. The first-order chi connectivity index (χ1) is 15.9. The number of benzene rings is 1. The predicted molar refractivity (Wildman–Crippen MR) is 122 cm³/mol. The van der Waals surface area contributed by atoms with Crippen molar-refractivity contribution < 1.29 is 39.6 Å². The molecule has 4 rings (SSSR count). The van der Waals surface area contributed by atoms with E-state index in [0.717, 1.165) is 0 Å². The van der Waals surface area contributed by atoms with E-state index in [1.54, 1.807) is 14.1 Å². The van der Waals surface area contributed by atoms with Gasteiger partial charge in [-0.15, -0.1) is 0 Å². The van der Waals surface area contributed by atoms with E-state index >= 15 is 0 Å². The fourth-order valence-electron chi connectivity index (χ4n) is 5.58. The lowest BCUT2D eigenvalue weighted by atomic mass is 9.58. The van der Waals surface area contributed by atoms with Crippen LogP contribution in [-0.2, 0) is 16.0 Å². The molecule has 1 aromatic rings. The number of likely N-dealkylation sites (N-methyl/N-ethyl adjacent to an activating group) is 1. The highest BCUT2D eigenvalue weighted by Crippen LogP contribution is 2.52. The SMILES string of the molecule is CN(C)[C@@H]1C(O)=C(C(N)=O)C(=O)[C@@]2(O)C(O)=C3C(=O)c4c(O)ccc(C(=O)CBr)c4C[C@H]3C[C@@H]12. The van der Waals surface area contributed by atoms with Crippen molar-refractivity contribution >= 4 is 39.2 Å². The summed E-state index contributed by atoms with van der Waals surface area (Å²) in [6, 6.07) is 1.54. The summed E-state index contributed by atoms with van der Waals surface area (Å²) in [4.78, 5) is 52.6. The standard InChI is InChI=1S/C23H23BrN2O8/c1-26(2)17-11-6-8-5-10-9(13(28)7-24)3-4-12(27)15(10)18(29)14(8)20(31)23(11,34)21(32)16(19(17)30)22(25)33/h3-4,8,11,17,27,30-31,34H,5-7H2,1-2H3,(H2,25,33)/t8-,11-,17-,23-/m0/s1. The number of aromatic hydroxyl groups is 1. The van der Waals surface area contributed by atoms with E-state index in [4.69, 9.17) is 5.73 Å². The van der Waals surface area contributed by atoms with Gasteiger partial charge in [0.1, 0.15) is 22.8 Å². The van der Waals surface area contributed by atoms with Crippen molar-refractivity contribution in [2.45, 2.75) is 24.5 Å². The average molecular weight is 535 g/mol. The maximum absolute atomic E-state index is 13.5. The lowest BCUT2D eigenvalue weighted by Gasteiger charge is -2.50. The Balaban J connectivity index is 1.97. The number of aliphatic hydroxyl groups excluding tert-OH is 2. The molecule has 3 aliphatic rings. The van der Waals surface area contributed by atoms with Gasteiger partial charge < -0.3 is 26.2 Å². The van der Waals surface area contributed by atoms with E-state index in [-0.39, 0.29) is 40.7 Å². The van der Waals surface area contributed by atoms with Crippen LogP contribution in [0, 0.1) is 11.8 Å². The number of alkyl halides is 1. The Bertz CT molecular complexity index is 1230. The second-order valence-corrected chi connectivity index (χ2v) is 9.57. The summed E-state index contributed by atoms with van der Waals surface area (Å²) in [5.74, 6) is -7.54. The van der Waals surface area contributed by atoms with Crippen molar-refractivity contribution in [3.8, 4) is 5.75 Å². The second kappa shape index (κ2) is 8.03. The minimum Gasteiger partial charge on any atom is -0.510 e. The zero-order valence-electron chi connectivity index (χ0n) is 18.3. The third-order valence-electron chi connectivity index (χ3n) is 7.03. The van der Waals surface area contributed by atoms with Crippen LogP contribution < -0.4 is 5.73 Å². The maximum Gasteiger partial charge on any atom is 0.255 e. The highest BCUT2D eigenvalue weighted by Gasteiger charge is 2.63. The smallest absolute Gasteiger partial charge is 0.255 e. The fourth-order valence-corrected chi connectivity index (χ4v) is 5.89. The molecule has 0 aromatic heterocycles. The summed E-state index contributed by atoms with van der Waals surface area (Å²) in [6.07, 6.45) is 0.0281. The van der Waals surface area contributed by atoms with Gasteiger partial charge in [-0.25, -0.2) is 0 Å². The number of nitrogens with two attached hydrogens (primary N) is 1. The molecule has 6 N–H and O–H groups in total. The molecule has 0 radical (unpaired) electrons. The summed E-state index contributed by atoms with van der Waals surface area (Å²) >= 11 is 3.11. The van der Waals surface area contributed by atoms with Crippen LogP contribution in [0.2, 0.25) is 0 Å². The molecule has 0 saturated heterocycles. The van der Waals surface area contributed by atoms with Crippen LogP contribution >= 0.6 is 15.9 Å². The third kappa shape index (κ3) is 3.07. The number of amides is 1. The number of halogens is 1. The van der Waals surface area contributed by atoms with Gasteiger partial charge in [0.05, 0.1) is 16.9 Å². The number of carbonyl (C=O) groups is 4. The first-order valence-corrected chi connectivity index (χ1v) is 11.6. The number of carbonyl (C=O) groups excluding carboxylic acids is 4. The number of phenolic OH excluding ortho intramolecular Hbond substituents is 1. The highest BCUT2D eigenvalue weighted by atomic mass is 79.9. The molecule has 1 aromatic carbocycles. The molecular weight excluding hydrogens is 512 g/mol. The van der Waals surface area contributed by atoms with Gasteiger partial charge in [-0.3, -0.25) is 24.1 Å². The molecule has 0 fully saturated rings. The number of hydrogen-bond donors (Lipinski definition) is 5. The largest absolute Gasteiger partial charge is 0.510 e. The minimum atomic E-state index is -2.69. The summed E-state index contributed by atoms with van der Waals surface area (Å²) < 4.78 is 0. The van der Waals surface area contributed by atoms with Gasteiger partial charge in [0.25, 0.3) is 5.91 Å². The van der Waals surface area contributed by atoms with Crippen molar-refractivity contribution in [2.24, 2.45) is 17.6 Å². The Hall–Kier alpha value is -3.02. The lowest BCUT2D eigenvalue weighted by molar-refractivity contribution is -0.148. The molecule has 180 valence electrons. The molecule has 0 saturated carbocycles. The Morgan fingerprint density at radius 3 is 2.41 bits per heavy atom. The lowest BCUT2D eigenvalue weighted by Crippen LogP contribution is -2.63. The predicted octanol–water partition coefficient (Wildman–Crippen LogP) is 0.698. The molecule has 1 amide bonds. The van der Waals surface area contributed by atoms with Crippen molar-refractivity contribution in [2.75, 3.05) is 19.4 Å². The summed E-state index contributed by atoms with van der Waals surface area (Å²) in [7, 11) is 3.11. The van der Waals surface area contributed by atoms with Gasteiger partial charge in [0.15, 0.2) is 17.2 Å². The summed E-state index contributed by atoms with van der Waals surface area (Å²) in [5.41, 5.74) is 1.84. The molecule has 34 heavy (non-hydrogen) atoms. The Labute approximate surface area is 202 Å². The van der Waals surface area contributed by atoms with Crippen LogP contribution in [0.4, 0.5) is 0 Å². The molecule has 0 spiro atoms. The number of Topliss-reactive ketones (excluding diaryl/α,β-unsaturated/α-hetero) is 3. The van der Waals surface area contributed by atoms with E-state index in [2.05, 4.69) is 15.9 Å². The third-order valence-corrected chi connectivity index (χ3v) is 7.54. The van der Waals surface area contributed by atoms with Gasteiger partial charge in [0.2, 0.25) is 5.78 Å². The zero-order chi connectivity index (χ0) is 25.3. The van der Waals surface area contributed by atoms with E-state index in [9.17, 15) is 39.6 Å². The zero-order valence-corrected chi connectivity index (χ0v) is 19.9. The number of allylic oxidation sites excluding steroid dienone is 1. The van der Waals surface area contributed by atoms with Gasteiger partial charge in [-0.2, -0.15) is 0 Å². The normalized spacial score (nSPS) is 28.6. The number of rotatable bonds is 4. The number of primary amides is 1. The van der Waals surface area contributed by atoms with Crippen LogP contribution in [0.25, 0.3) is 0 Å². The average Bonchev–Trinajstić information content (AvgIpc) is 2.75. The second-order valence-electron chi connectivity index (χ2n) is 9.01. The minimum absolute atomic E-state index is 0.00877. The quantitative estimate of drug-likeness (QED) is 0.211. The molecule has 0 bridgehead atoms. The highest BCUT2D eigenvalue weighted by molar-refractivity contribution is 9.09. The van der Waals surface area contributed by atoms with Gasteiger partial charge in [-0.05, 0) is 50.6 Å². The van der Waals surface area contributed by atoms with Crippen LogP contribution in [-0.4, -0.2) is 79.7 Å². The van der Waals surface area contributed by atoms with Crippen molar-refractivity contribution in [1.29, 1.82) is 0 Å². The monoisotopic (exact) mass is 534 g/mol. The van der Waals surface area contributed by atoms with Crippen LogP contribution in [0.1, 0.15) is 32.7 Å². The van der Waals surface area contributed by atoms with Crippen molar-refractivity contribution in [3.05, 3.63) is 51.5 Å². The number of phenols is 1. The van der Waals surface area contributed by atoms with Crippen molar-refractivity contribution in [3.63, 3.8) is 0 Å². The molecule has 0 aliphatic heterocycles. The fraction of sp³-hybridized carbons (Fsp3) is 0.391. The molecule has 0 unspecified atom stereocenters. The topological polar surface area (TPSA) is 178 Å². The first-order valence-electron chi connectivity index (χ1n) is 10.5. The number of nitrogens with zero attached hydrogens (tertiary/aromatic N) is 1. The Morgan fingerprint density at radius 1 is 1.21 bits per heavy atom. The number of aliphatic hydroxyl groups is 3. The molecule has 4 atom stereocenters. The maximum atomic E-state index is 13.5. The molecular formula is C23H23BrN2O8. The first kappa shape index (κ1) is 24.1. The van der Waals surface area contributed by atoms with Crippen LogP contribution in [0.15, 0.2) is 34.8 Å². The molecule has 0 heterocycles.